The number of piperidine rings is 1. The van der Waals surface area contributed by atoms with Crippen LogP contribution in [0, 0.1) is 5.92 Å². The van der Waals surface area contributed by atoms with Crippen molar-refractivity contribution in [2.45, 2.75) is 67.2 Å². The Balaban J connectivity index is 1.47. The number of rotatable bonds is 4. The second kappa shape index (κ2) is 7.14. The van der Waals surface area contributed by atoms with Gasteiger partial charge in [-0.1, -0.05) is 18.2 Å². The van der Waals surface area contributed by atoms with E-state index in [-0.39, 0.29) is 23.5 Å². The highest BCUT2D eigenvalue weighted by Crippen LogP contribution is 2.62. The quantitative estimate of drug-likeness (QED) is 0.343. The molecule has 6 rings (SSSR count). The number of hydrogen-bond donors (Lipinski definition) is 5. The van der Waals surface area contributed by atoms with Crippen molar-refractivity contribution in [1.29, 1.82) is 1.43 Å². The second-order valence-corrected chi connectivity index (χ2v) is 9.48. The number of aliphatic hydroxyl groups is 4. The van der Waals surface area contributed by atoms with E-state index in [1.54, 1.807) is 12.1 Å². The number of carboxylic acids is 1. The Bertz CT molecular complexity index is 1150. The van der Waals surface area contributed by atoms with Crippen LogP contribution in [0.4, 0.5) is 0 Å². The Morgan fingerprint density at radius 2 is 2.12 bits per heavy atom. The predicted octanol–water partition coefficient (Wildman–Crippen LogP) is -1.24. The Morgan fingerprint density at radius 1 is 1.30 bits per heavy atom. The van der Waals surface area contributed by atoms with Crippen LogP contribution in [0.15, 0.2) is 24.3 Å². The van der Waals surface area contributed by atoms with Crippen LogP contribution in [0.2, 0.25) is 0 Å². The smallest absolute Gasteiger partial charge is 0.335 e. The number of carbonyl (C=O) groups is 1. The van der Waals surface area contributed by atoms with Crippen LogP contribution in [-0.4, -0.2) is 100 Å². The lowest BCUT2D eigenvalue weighted by atomic mass is 9.53. The SMILES string of the molecule is [2H]O[C@]1([2H])[C@@H](O)[C@H](O)[C@@H](C(=O)O)OC1([2H])Oc1ccc2c3c1O[C@H]1[C@@H](O)C=C[C@H]4[C@@H](C2)N(C)CC[C@@]341. The van der Waals surface area contributed by atoms with Gasteiger partial charge in [0.2, 0.25) is 7.70 Å². The first kappa shape index (κ1) is 18.2. The molecule has 1 spiro atoms. The summed E-state index contributed by atoms with van der Waals surface area (Å²) in [6.07, 6.45) is -9.04. The zero-order valence-corrected chi connectivity index (χ0v) is 17.7. The number of aliphatic carboxylic acids is 1. The third-order valence-electron chi connectivity index (χ3n) is 7.92. The molecule has 178 valence electrons. The molecule has 0 saturated carbocycles. The molecule has 2 fully saturated rings. The van der Waals surface area contributed by atoms with E-state index in [0.717, 1.165) is 24.1 Å². The van der Waals surface area contributed by atoms with E-state index >= 15 is 0 Å². The average molecular weight is 464 g/mol. The zero-order valence-electron chi connectivity index (χ0n) is 20.7. The number of benzene rings is 1. The monoisotopic (exact) mass is 464 g/mol. The van der Waals surface area contributed by atoms with E-state index in [2.05, 4.69) is 17.1 Å². The highest BCUT2D eigenvalue weighted by Gasteiger charge is 2.64. The lowest BCUT2D eigenvalue weighted by molar-refractivity contribution is -0.271. The summed E-state index contributed by atoms with van der Waals surface area (Å²) in [5, 5.41) is 45.2. The first-order valence-electron chi connectivity index (χ1n) is 12.4. The number of ether oxygens (including phenoxy) is 3. The number of likely N-dealkylation sites (N-methyl/N-ethyl adjacent to an activating group) is 1. The van der Waals surface area contributed by atoms with Crippen molar-refractivity contribution in [2.75, 3.05) is 13.6 Å². The van der Waals surface area contributed by atoms with Gasteiger partial charge in [-0.2, -0.15) is 0 Å². The number of hydrogen-bond acceptors (Lipinski definition) is 9. The summed E-state index contributed by atoms with van der Waals surface area (Å²) < 4.78 is 41.6. The van der Waals surface area contributed by atoms with Crippen molar-refractivity contribution in [3.05, 3.63) is 35.4 Å². The molecular formula is C23H27NO9. The van der Waals surface area contributed by atoms with E-state index in [1.807, 2.05) is 6.08 Å². The van der Waals surface area contributed by atoms with Crippen LogP contribution in [0.5, 0.6) is 11.5 Å². The molecule has 1 aromatic carbocycles. The van der Waals surface area contributed by atoms with Crippen molar-refractivity contribution in [3.8, 4) is 11.5 Å². The second-order valence-electron chi connectivity index (χ2n) is 9.48. The largest absolute Gasteiger partial charge is 0.482 e. The van der Waals surface area contributed by atoms with Crippen molar-refractivity contribution in [2.24, 2.45) is 5.92 Å². The maximum absolute atomic E-state index is 11.6. The molecule has 10 heteroatoms. The standard InChI is InChI=1S/C23H27NO9/c1-24-7-6-23-10-3-4-12(25)20(23)32-18-13(5-2-9(14(18)23)8-11(10)24)31-22-17(28)15(26)16(27)19(33-22)21(29)30/h2-5,10-12,15-17,19-20,22,25-28H,6-8H2,1H3,(H,29,30)/t10-,11+,12-,15-,16-,17+,19-,20-,22?,23-/m0/s1/i17D,22D,28D. The Kier molecular flexibility index (Phi) is 3.93. The van der Waals surface area contributed by atoms with E-state index in [1.165, 1.54) is 6.07 Å². The fourth-order valence-corrected chi connectivity index (χ4v) is 6.36. The molecule has 33 heavy (non-hydrogen) atoms. The highest BCUT2D eigenvalue weighted by molar-refractivity contribution is 5.73. The number of aliphatic hydroxyl groups excluding tert-OH is 3. The van der Waals surface area contributed by atoms with E-state index in [9.17, 15) is 25.2 Å². The molecule has 1 unspecified atom stereocenters. The van der Waals surface area contributed by atoms with E-state index < -0.39 is 54.3 Å². The molecule has 5 aliphatic rings. The molecule has 0 aromatic heterocycles. The van der Waals surface area contributed by atoms with Gasteiger partial charge in [0.05, 0.1) is 1.37 Å². The molecule has 2 saturated heterocycles. The summed E-state index contributed by atoms with van der Waals surface area (Å²) in [7, 11) is 2.07. The van der Waals surface area contributed by atoms with Gasteiger partial charge in [0.15, 0.2) is 17.6 Å². The minimum absolute atomic E-state index is 0.0599. The molecule has 1 aromatic rings. The summed E-state index contributed by atoms with van der Waals surface area (Å²) in [4.78, 5) is 13.9. The molecule has 10 atom stereocenters. The van der Waals surface area contributed by atoms with Crippen LogP contribution in [-0.2, 0) is 21.4 Å². The first-order valence-corrected chi connectivity index (χ1v) is 11.0. The molecule has 0 radical (unpaired) electrons. The third-order valence-corrected chi connectivity index (χ3v) is 7.92. The molecule has 5 N–H and O–H groups in total. The van der Waals surface area contributed by atoms with Crippen LogP contribution >= 0.6 is 0 Å². The molecule has 10 nitrogen and oxygen atoms in total. The van der Waals surface area contributed by atoms with Crippen molar-refractivity contribution < 1.29 is 47.3 Å². The molecule has 3 aliphatic heterocycles. The molecule has 2 aliphatic carbocycles. The molecule has 3 heterocycles. The Hall–Kier alpha value is -2.21. The first-order chi connectivity index (χ1) is 17.0. The summed E-state index contributed by atoms with van der Waals surface area (Å²) in [6, 6.07) is 3.50. The third kappa shape index (κ3) is 2.73. The highest BCUT2D eigenvalue weighted by atomic mass is 16.7. The topological polar surface area (TPSA) is 149 Å². The summed E-state index contributed by atoms with van der Waals surface area (Å²) in [5.74, 6) is -1.48. The van der Waals surface area contributed by atoms with Gasteiger partial charge in [-0.05, 0) is 38.1 Å². The average Bonchev–Trinajstić information content (AvgIpc) is 3.20. The minimum Gasteiger partial charge on any atom is -0.482 e. The molecule has 2 bridgehead atoms. The number of carboxylic acid groups (broad SMARTS) is 1. The number of nitrogens with zero attached hydrogens (tertiary/aromatic N) is 1. The number of likely N-dealkylation sites (tertiary alicyclic amines) is 1. The summed E-state index contributed by atoms with van der Waals surface area (Å²) in [5.41, 5.74) is 1.28. The van der Waals surface area contributed by atoms with Crippen molar-refractivity contribution >= 4 is 5.97 Å². The lowest BCUT2D eigenvalue weighted by Crippen LogP contribution is -2.64. The Labute approximate surface area is 193 Å². The normalized spacial score (nSPS) is 51.0. The minimum atomic E-state index is -3.07. The van der Waals surface area contributed by atoms with Crippen molar-refractivity contribution in [1.82, 2.24) is 4.90 Å². The predicted molar refractivity (Wildman–Crippen MR) is 111 cm³/mol. The fraction of sp³-hybridized carbons (Fsp3) is 0.609. The van der Waals surface area contributed by atoms with Crippen LogP contribution < -0.4 is 9.47 Å². The molecular weight excluding hydrogens is 434 g/mol. The van der Waals surface area contributed by atoms with Crippen LogP contribution in [0.3, 0.4) is 0 Å². The Morgan fingerprint density at radius 3 is 2.88 bits per heavy atom. The maximum atomic E-state index is 11.6. The van der Waals surface area contributed by atoms with Crippen molar-refractivity contribution in [3.63, 3.8) is 0 Å². The fourth-order valence-electron chi connectivity index (χ4n) is 6.36. The van der Waals surface area contributed by atoms with Gasteiger partial charge in [-0.3, -0.25) is 0 Å². The molecule has 0 amide bonds. The van der Waals surface area contributed by atoms with Gasteiger partial charge in [0.1, 0.15) is 31.9 Å². The van der Waals surface area contributed by atoms with Gasteiger partial charge in [-0.25, -0.2) is 4.79 Å². The van der Waals surface area contributed by atoms with Crippen LogP contribution in [0.1, 0.15) is 20.3 Å². The van der Waals surface area contributed by atoms with Crippen LogP contribution in [0.25, 0.3) is 0 Å². The van der Waals surface area contributed by atoms with Gasteiger partial charge < -0.3 is 44.6 Å². The van der Waals surface area contributed by atoms with Gasteiger partial charge in [-0.15, -0.1) is 0 Å². The maximum Gasteiger partial charge on any atom is 0.335 e. The zero-order chi connectivity index (χ0) is 25.8. The lowest BCUT2D eigenvalue weighted by Gasteiger charge is -2.56. The summed E-state index contributed by atoms with van der Waals surface area (Å²) in [6.45, 7) is 0.782. The van der Waals surface area contributed by atoms with Gasteiger partial charge in [0.25, 0.3) is 0 Å². The summed E-state index contributed by atoms with van der Waals surface area (Å²) >= 11 is 0. The van der Waals surface area contributed by atoms with E-state index in [0.29, 0.717) is 6.42 Å². The van der Waals surface area contributed by atoms with Gasteiger partial charge in [0, 0.05) is 22.9 Å². The van der Waals surface area contributed by atoms with Gasteiger partial charge >= 0.3 is 5.97 Å². The van der Waals surface area contributed by atoms with E-state index in [4.69, 9.17) is 18.4 Å².